The molecule has 8 heteroatoms. The van der Waals surface area contributed by atoms with E-state index in [-0.39, 0.29) is 18.6 Å². The van der Waals surface area contributed by atoms with Crippen molar-refractivity contribution in [3.8, 4) is 0 Å². The Balaban J connectivity index is 1.45. The molecule has 1 aliphatic carbocycles. The number of thiophene rings is 1. The van der Waals surface area contributed by atoms with Gasteiger partial charge in [0.25, 0.3) is 5.91 Å². The third-order valence-corrected chi connectivity index (χ3v) is 6.15. The summed E-state index contributed by atoms with van der Waals surface area (Å²) in [5, 5.41) is 0. The van der Waals surface area contributed by atoms with Crippen LogP contribution in [-0.4, -0.2) is 67.2 Å². The smallest absolute Gasteiger partial charge is 0.409 e. The van der Waals surface area contributed by atoms with Crippen LogP contribution in [0, 0.1) is 0 Å². The normalized spacial score (nSPS) is 17.1. The van der Waals surface area contributed by atoms with Gasteiger partial charge in [-0.15, -0.1) is 11.3 Å². The Hall–Kier alpha value is -2.09. The molecule has 2 aliphatic rings. The van der Waals surface area contributed by atoms with Crippen LogP contribution in [0.1, 0.15) is 46.3 Å². The van der Waals surface area contributed by atoms with E-state index in [4.69, 9.17) is 9.47 Å². The molecule has 0 radical (unpaired) electrons. The SMILES string of the molecule is CCOC(=O)N1CCN(C(=O)COC(=O)c2cc3c(s2)CCCCC3)CC1. The number of carbonyl (C=O) groups excluding carboxylic acids is 3. The fourth-order valence-corrected chi connectivity index (χ4v) is 4.56. The van der Waals surface area contributed by atoms with E-state index in [1.165, 1.54) is 28.2 Å². The molecule has 0 bridgehead atoms. The number of hydrogen-bond acceptors (Lipinski definition) is 6. The van der Waals surface area contributed by atoms with E-state index in [1.807, 2.05) is 6.07 Å². The summed E-state index contributed by atoms with van der Waals surface area (Å²) in [5.41, 5.74) is 1.26. The van der Waals surface area contributed by atoms with Gasteiger partial charge < -0.3 is 19.3 Å². The van der Waals surface area contributed by atoms with Gasteiger partial charge in [-0.3, -0.25) is 4.79 Å². The predicted octanol–water partition coefficient (Wildman–Crippen LogP) is 2.47. The summed E-state index contributed by atoms with van der Waals surface area (Å²) in [5.74, 6) is -0.656. The monoisotopic (exact) mass is 394 g/mol. The van der Waals surface area contributed by atoms with Gasteiger partial charge in [0.05, 0.1) is 6.61 Å². The molecule has 0 atom stereocenters. The highest BCUT2D eigenvalue weighted by molar-refractivity contribution is 7.14. The summed E-state index contributed by atoms with van der Waals surface area (Å²) >= 11 is 1.49. The van der Waals surface area contributed by atoms with E-state index in [2.05, 4.69) is 0 Å². The number of aryl methyl sites for hydroxylation is 2. The number of fused-ring (bicyclic) bond motifs is 1. The minimum absolute atomic E-state index is 0.232. The summed E-state index contributed by atoms with van der Waals surface area (Å²) in [6.07, 6.45) is 5.25. The zero-order valence-corrected chi connectivity index (χ0v) is 16.5. The number of rotatable bonds is 4. The summed E-state index contributed by atoms with van der Waals surface area (Å²) in [6, 6.07) is 1.93. The Morgan fingerprint density at radius 1 is 1.00 bits per heavy atom. The van der Waals surface area contributed by atoms with Gasteiger partial charge in [0.2, 0.25) is 0 Å². The van der Waals surface area contributed by atoms with Crippen molar-refractivity contribution in [3.63, 3.8) is 0 Å². The second-order valence-corrected chi connectivity index (χ2v) is 7.90. The number of piperazine rings is 1. The molecule has 7 nitrogen and oxygen atoms in total. The third-order valence-electron chi connectivity index (χ3n) is 4.93. The number of nitrogens with zero attached hydrogens (tertiary/aromatic N) is 2. The molecule has 148 valence electrons. The highest BCUT2D eigenvalue weighted by atomic mass is 32.1. The summed E-state index contributed by atoms with van der Waals surface area (Å²) in [6.45, 7) is 3.52. The fraction of sp³-hybridized carbons (Fsp3) is 0.632. The fourth-order valence-electron chi connectivity index (χ4n) is 3.41. The molecule has 0 spiro atoms. The minimum atomic E-state index is -0.424. The minimum Gasteiger partial charge on any atom is -0.451 e. The van der Waals surface area contributed by atoms with Crippen LogP contribution in [-0.2, 0) is 27.1 Å². The topological polar surface area (TPSA) is 76.2 Å². The molecule has 0 N–H and O–H groups in total. The maximum absolute atomic E-state index is 12.3. The van der Waals surface area contributed by atoms with Crippen LogP contribution < -0.4 is 0 Å². The van der Waals surface area contributed by atoms with E-state index in [1.54, 1.807) is 16.7 Å². The first-order valence-electron chi connectivity index (χ1n) is 9.56. The average Bonchev–Trinajstić information content (AvgIpc) is 2.97. The van der Waals surface area contributed by atoms with Crippen molar-refractivity contribution in [1.82, 2.24) is 9.80 Å². The molecule has 27 heavy (non-hydrogen) atoms. The van der Waals surface area contributed by atoms with Crippen molar-refractivity contribution in [3.05, 3.63) is 21.4 Å². The number of amides is 2. The third kappa shape index (κ3) is 5.00. The molecule has 0 saturated carbocycles. The van der Waals surface area contributed by atoms with Crippen molar-refractivity contribution in [2.24, 2.45) is 0 Å². The van der Waals surface area contributed by atoms with Gasteiger partial charge in [0.15, 0.2) is 6.61 Å². The van der Waals surface area contributed by atoms with Gasteiger partial charge in [-0.1, -0.05) is 6.42 Å². The van der Waals surface area contributed by atoms with Gasteiger partial charge in [-0.25, -0.2) is 9.59 Å². The zero-order chi connectivity index (χ0) is 19.2. The average molecular weight is 394 g/mol. The Morgan fingerprint density at radius 2 is 1.70 bits per heavy atom. The molecule has 1 aromatic rings. The number of carbonyl (C=O) groups is 3. The molecule has 2 heterocycles. The first-order chi connectivity index (χ1) is 13.1. The summed E-state index contributed by atoms with van der Waals surface area (Å²) < 4.78 is 10.2. The molecular weight excluding hydrogens is 368 g/mol. The molecule has 1 fully saturated rings. The van der Waals surface area contributed by atoms with Crippen LogP contribution in [0.2, 0.25) is 0 Å². The standard InChI is InChI=1S/C19H26N2O5S/c1-2-25-19(24)21-10-8-20(9-11-21)17(22)13-26-18(23)16-12-14-6-4-3-5-7-15(14)27-16/h12H,2-11,13H2,1H3. The van der Waals surface area contributed by atoms with Crippen molar-refractivity contribution < 1.29 is 23.9 Å². The molecule has 2 amide bonds. The Morgan fingerprint density at radius 3 is 2.44 bits per heavy atom. The Kier molecular flexibility index (Phi) is 6.71. The molecular formula is C19H26N2O5S. The van der Waals surface area contributed by atoms with Crippen molar-refractivity contribution in [1.29, 1.82) is 0 Å². The van der Waals surface area contributed by atoms with E-state index in [0.717, 1.165) is 25.7 Å². The van der Waals surface area contributed by atoms with Gasteiger partial charge in [0, 0.05) is 31.1 Å². The summed E-state index contributed by atoms with van der Waals surface area (Å²) in [4.78, 5) is 41.3. The van der Waals surface area contributed by atoms with Crippen molar-refractivity contribution >= 4 is 29.3 Å². The van der Waals surface area contributed by atoms with Crippen LogP contribution in [0.3, 0.4) is 0 Å². The summed E-state index contributed by atoms with van der Waals surface area (Å²) in [7, 11) is 0. The van der Waals surface area contributed by atoms with Crippen molar-refractivity contribution in [2.75, 3.05) is 39.4 Å². The Labute approximate surface area is 163 Å². The van der Waals surface area contributed by atoms with E-state index < -0.39 is 5.97 Å². The quantitative estimate of drug-likeness (QED) is 0.579. The lowest BCUT2D eigenvalue weighted by Crippen LogP contribution is -2.51. The molecule has 1 aromatic heterocycles. The maximum atomic E-state index is 12.3. The highest BCUT2D eigenvalue weighted by Crippen LogP contribution is 2.29. The Bertz CT molecular complexity index is 671. The largest absolute Gasteiger partial charge is 0.451 e. The zero-order valence-electron chi connectivity index (χ0n) is 15.7. The lowest BCUT2D eigenvalue weighted by molar-refractivity contribution is -0.136. The molecule has 1 aliphatic heterocycles. The van der Waals surface area contributed by atoms with Gasteiger partial charge in [-0.05, 0) is 44.2 Å². The first-order valence-corrected chi connectivity index (χ1v) is 10.4. The van der Waals surface area contributed by atoms with Crippen LogP contribution in [0.25, 0.3) is 0 Å². The first kappa shape index (κ1) is 19.7. The van der Waals surface area contributed by atoms with Gasteiger partial charge in [-0.2, -0.15) is 0 Å². The molecule has 1 saturated heterocycles. The molecule has 0 aromatic carbocycles. The van der Waals surface area contributed by atoms with Crippen LogP contribution >= 0.6 is 11.3 Å². The predicted molar refractivity (Wildman–Crippen MR) is 101 cm³/mol. The van der Waals surface area contributed by atoms with E-state index in [0.29, 0.717) is 37.7 Å². The van der Waals surface area contributed by atoms with Crippen LogP contribution in [0.5, 0.6) is 0 Å². The van der Waals surface area contributed by atoms with Crippen molar-refractivity contribution in [2.45, 2.75) is 39.0 Å². The van der Waals surface area contributed by atoms with Gasteiger partial charge >= 0.3 is 12.1 Å². The maximum Gasteiger partial charge on any atom is 0.409 e. The lowest BCUT2D eigenvalue weighted by Gasteiger charge is -2.33. The number of esters is 1. The number of hydrogen-bond donors (Lipinski definition) is 0. The van der Waals surface area contributed by atoms with E-state index in [9.17, 15) is 14.4 Å². The molecule has 3 rings (SSSR count). The second kappa shape index (κ2) is 9.21. The van der Waals surface area contributed by atoms with Gasteiger partial charge in [0.1, 0.15) is 4.88 Å². The van der Waals surface area contributed by atoms with E-state index >= 15 is 0 Å². The van der Waals surface area contributed by atoms with Crippen LogP contribution in [0.4, 0.5) is 4.79 Å². The second-order valence-electron chi connectivity index (χ2n) is 6.76. The molecule has 0 unspecified atom stereocenters. The van der Waals surface area contributed by atoms with Crippen LogP contribution in [0.15, 0.2) is 6.07 Å². The lowest BCUT2D eigenvalue weighted by atomic mass is 10.1. The number of ether oxygens (including phenoxy) is 2. The highest BCUT2D eigenvalue weighted by Gasteiger charge is 2.26.